The summed E-state index contributed by atoms with van der Waals surface area (Å²) in [5.74, 6) is -0.424. The summed E-state index contributed by atoms with van der Waals surface area (Å²) in [6.07, 6.45) is -0.239. The van der Waals surface area contributed by atoms with Gasteiger partial charge in [-0.1, -0.05) is 5.16 Å². The number of hydrogen-bond donors (Lipinski definition) is 1. The van der Waals surface area contributed by atoms with Gasteiger partial charge in [0.15, 0.2) is 0 Å². The molecule has 0 aliphatic heterocycles. The number of rotatable bonds is 3. The van der Waals surface area contributed by atoms with Crippen molar-refractivity contribution in [3.63, 3.8) is 0 Å². The molecule has 2 aromatic rings. The Bertz CT molecular complexity index is 435. The monoisotopic (exact) mass is 210 g/mol. The molecule has 0 spiro atoms. The van der Waals surface area contributed by atoms with Crippen LogP contribution >= 0.6 is 11.3 Å². The molecule has 5 nitrogen and oxygen atoms in total. The first-order valence-corrected chi connectivity index (χ1v) is 4.77. The maximum atomic E-state index is 10.3. The van der Waals surface area contributed by atoms with Crippen LogP contribution in [0.5, 0.6) is 0 Å². The third kappa shape index (κ3) is 1.80. The minimum atomic E-state index is -0.981. The fourth-order valence-electron chi connectivity index (χ4n) is 0.965. The van der Waals surface area contributed by atoms with Gasteiger partial charge >= 0.3 is 5.97 Å². The van der Waals surface area contributed by atoms with Crippen molar-refractivity contribution in [2.24, 2.45) is 0 Å². The summed E-state index contributed by atoms with van der Waals surface area (Å²) in [6.45, 7) is 0. The summed E-state index contributed by atoms with van der Waals surface area (Å²) in [6, 6.07) is 1.85. The minimum Gasteiger partial charge on any atom is -0.481 e. The normalized spacial score (nSPS) is 10.3. The highest BCUT2D eigenvalue weighted by Gasteiger charge is 2.11. The quantitative estimate of drug-likeness (QED) is 0.829. The van der Waals surface area contributed by atoms with E-state index in [1.807, 2.05) is 16.8 Å². The van der Waals surface area contributed by atoms with Crippen LogP contribution in [0.15, 0.2) is 21.3 Å². The predicted molar refractivity (Wildman–Crippen MR) is 49.0 cm³/mol. The number of aliphatic carboxylic acids is 1. The lowest BCUT2D eigenvalue weighted by atomic mass is 10.3. The molecule has 0 bridgehead atoms. The fraction of sp³-hybridized carbons (Fsp3) is 0.125. The Morgan fingerprint density at radius 3 is 3.14 bits per heavy atom. The van der Waals surface area contributed by atoms with Gasteiger partial charge in [-0.2, -0.15) is 16.3 Å². The van der Waals surface area contributed by atoms with Gasteiger partial charge in [-0.25, -0.2) is 0 Å². The summed E-state index contributed by atoms with van der Waals surface area (Å²) >= 11 is 1.52. The molecule has 14 heavy (non-hydrogen) atoms. The van der Waals surface area contributed by atoms with E-state index in [9.17, 15) is 4.79 Å². The minimum absolute atomic E-state index is 0.124. The van der Waals surface area contributed by atoms with E-state index in [1.54, 1.807) is 0 Å². The molecule has 2 rings (SSSR count). The number of carboxylic acid groups (broad SMARTS) is 1. The van der Waals surface area contributed by atoms with Crippen LogP contribution in [0.25, 0.3) is 11.4 Å². The van der Waals surface area contributed by atoms with Crippen LogP contribution < -0.4 is 0 Å². The number of hydrogen-bond acceptors (Lipinski definition) is 5. The predicted octanol–water partition coefficient (Wildman–Crippen LogP) is 1.43. The average molecular weight is 210 g/mol. The van der Waals surface area contributed by atoms with E-state index in [1.165, 1.54) is 11.3 Å². The second kappa shape index (κ2) is 3.59. The zero-order valence-electron chi connectivity index (χ0n) is 7.01. The topological polar surface area (TPSA) is 76.2 Å². The molecule has 0 aromatic carbocycles. The van der Waals surface area contributed by atoms with Gasteiger partial charge in [-0.3, -0.25) is 4.79 Å². The molecule has 2 aromatic heterocycles. The Morgan fingerprint density at radius 2 is 2.50 bits per heavy atom. The van der Waals surface area contributed by atoms with Gasteiger partial charge in [0.05, 0.1) is 0 Å². The summed E-state index contributed by atoms with van der Waals surface area (Å²) in [5.41, 5.74) is 0.843. The number of aromatic nitrogens is 2. The van der Waals surface area contributed by atoms with Crippen LogP contribution in [0.3, 0.4) is 0 Å². The van der Waals surface area contributed by atoms with Crippen LogP contribution in [0.1, 0.15) is 5.89 Å². The molecule has 0 amide bonds. The SMILES string of the molecule is O=C(O)Cc1nc(-c2ccsc2)no1. The van der Waals surface area contributed by atoms with Crippen molar-refractivity contribution in [2.45, 2.75) is 6.42 Å². The van der Waals surface area contributed by atoms with Gasteiger partial charge in [0.1, 0.15) is 6.42 Å². The van der Waals surface area contributed by atoms with Gasteiger partial charge in [0.25, 0.3) is 0 Å². The Morgan fingerprint density at radius 1 is 1.64 bits per heavy atom. The Hall–Kier alpha value is -1.69. The van der Waals surface area contributed by atoms with Crippen LogP contribution in [-0.2, 0) is 11.2 Å². The molecule has 0 aliphatic rings. The van der Waals surface area contributed by atoms with E-state index in [0.717, 1.165) is 5.56 Å². The summed E-state index contributed by atoms with van der Waals surface area (Å²) < 4.78 is 4.76. The van der Waals surface area contributed by atoms with E-state index in [0.29, 0.717) is 5.82 Å². The Labute approximate surface area is 83.0 Å². The molecule has 0 radical (unpaired) electrons. The molecular weight excluding hydrogens is 204 g/mol. The lowest BCUT2D eigenvalue weighted by Gasteiger charge is -1.83. The van der Waals surface area contributed by atoms with E-state index >= 15 is 0 Å². The molecule has 0 atom stereocenters. The summed E-state index contributed by atoms with van der Waals surface area (Å²) in [7, 11) is 0. The van der Waals surface area contributed by atoms with Crippen molar-refractivity contribution in [1.82, 2.24) is 10.1 Å². The second-order valence-electron chi connectivity index (χ2n) is 2.59. The van der Waals surface area contributed by atoms with Gasteiger partial charge in [0, 0.05) is 10.9 Å². The van der Waals surface area contributed by atoms with Crippen molar-refractivity contribution in [1.29, 1.82) is 0 Å². The Kier molecular flexibility index (Phi) is 2.28. The smallest absolute Gasteiger partial charge is 0.312 e. The molecule has 6 heteroatoms. The number of carboxylic acids is 1. The van der Waals surface area contributed by atoms with Crippen molar-refractivity contribution in [2.75, 3.05) is 0 Å². The zero-order chi connectivity index (χ0) is 9.97. The molecule has 72 valence electrons. The fourth-order valence-corrected chi connectivity index (χ4v) is 1.60. The molecule has 0 saturated heterocycles. The highest BCUT2D eigenvalue weighted by molar-refractivity contribution is 7.08. The van der Waals surface area contributed by atoms with Crippen LogP contribution in [0.2, 0.25) is 0 Å². The van der Waals surface area contributed by atoms with Gasteiger partial charge in [-0.05, 0) is 11.4 Å². The third-order valence-electron chi connectivity index (χ3n) is 1.55. The number of carbonyl (C=O) groups is 1. The largest absolute Gasteiger partial charge is 0.481 e. The third-order valence-corrected chi connectivity index (χ3v) is 2.23. The average Bonchev–Trinajstić information content (AvgIpc) is 2.69. The molecule has 2 heterocycles. The zero-order valence-corrected chi connectivity index (χ0v) is 7.82. The molecule has 1 N–H and O–H groups in total. The first-order chi connectivity index (χ1) is 6.75. The van der Waals surface area contributed by atoms with E-state index < -0.39 is 5.97 Å². The molecule has 0 aliphatic carbocycles. The lowest BCUT2D eigenvalue weighted by Crippen LogP contribution is -1.99. The van der Waals surface area contributed by atoms with E-state index in [4.69, 9.17) is 9.63 Å². The Balaban J connectivity index is 2.22. The molecular formula is C8H6N2O3S. The lowest BCUT2D eigenvalue weighted by molar-refractivity contribution is -0.136. The van der Waals surface area contributed by atoms with Gasteiger partial charge in [-0.15, -0.1) is 0 Å². The van der Waals surface area contributed by atoms with Crippen molar-refractivity contribution < 1.29 is 14.4 Å². The van der Waals surface area contributed by atoms with Crippen LogP contribution in [0, 0.1) is 0 Å². The number of nitrogens with zero attached hydrogens (tertiary/aromatic N) is 2. The van der Waals surface area contributed by atoms with Crippen LogP contribution in [0.4, 0.5) is 0 Å². The van der Waals surface area contributed by atoms with Crippen molar-refractivity contribution in [3.8, 4) is 11.4 Å². The summed E-state index contributed by atoms with van der Waals surface area (Å²) in [4.78, 5) is 14.3. The van der Waals surface area contributed by atoms with E-state index in [-0.39, 0.29) is 12.3 Å². The highest BCUT2D eigenvalue weighted by Crippen LogP contribution is 2.18. The van der Waals surface area contributed by atoms with Crippen molar-refractivity contribution in [3.05, 3.63) is 22.7 Å². The summed E-state index contributed by atoms with van der Waals surface area (Å²) in [5, 5.41) is 15.9. The standard InChI is InChI=1S/C8H6N2O3S/c11-7(12)3-6-9-8(10-13-6)5-1-2-14-4-5/h1-2,4H,3H2,(H,11,12). The van der Waals surface area contributed by atoms with Crippen LogP contribution in [-0.4, -0.2) is 21.2 Å². The molecule has 0 unspecified atom stereocenters. The maximum Gasteiger partial charge on any atom is 0.312 e. The molecule has 0 fully saturated rings. The van der Waals surface area contributed by atoms with Gasteiger partial charge < -0.3 is 9.63 Å². The first kappa shape index (κ1) is 8.89. The van der Waals surface area contributed by atoms with Gasteiger partial charge in [0.2, 0.25) is 11.7 Å². The maximum absolute atomic E-state index is 10.3. The first-order valence-electron chi connectivity index (χ1n) is 3.82. The molecule has 0 saturated carbocycles. The van der Waals surface area contributed by atoms with E-state index in [2.05, 4.69) is 10.1 Å². The number of thiophene rings is 1. The van der Waals surface area contributed by atoms with Crippen molar-refractivity contribution >= 4 is 17.3 Å². The highest BCUT2D eigenvalue weighted by atomic mass is 32.1. The second-order valence-corrected chi connectivity index (χ2v) is 3.37.